The molecule has 0 saturated carbocycles. The Morgan fingerprint density at radius 2 is 1.30 bits per heavy atom. The van der Waals surface area contributed by atoms with Crippen LogP contribution in [0.15, 0.2) is 18.2 Å². The number of hydrogen-bond acceptors (Lipinski definition) is 12. The molecule has 0 bridgehead atoms. The molecular weight excluding hydrogens is 526 g/mol. The summed E-state index contributed by atoms with van der Waals surface area (Å²) in [7, 11) is 1.18. The third-order valence-corrected chi connectivity index (χ3v) is 5.53. The van der Waals surface area contributed by atoms with Crippen molar-refractivity contribution < 1.29 is 52.3 Å². The summed E-state index contributed by atoms with van der Waals surface area (Å²) in [5.74, 6) is -0.349. The summed E-state index contributed by atoms with van der Waals surface area (Å²) in [5.41, 5.74) is 5.20. The monoisotopic (exact) mass is 569 g/mol. The minimum absolute atomic E-state index is 0.0885. The Labute approximate surface area is 235 Å². The highest BCUT2D eigenvalue weighted by Gasteiger charge is 2.36. The van der Waals surface area contributed by atoms with E-state index in [0.717, 1.165) is 0 Å². The van der Waals surface area contributed by atoms with E-state index in [1.165, 1.54) is 25.3 Å². The Hall–Kier alpha value is -3.54. The van der Waals surface area contributed by atoms with E-state index in [9.17, 15) is 19.2 Å². The normalized spacial score (nSPS) is 12.3. The first kappa shape index (κ1) is 34.5. The van der Waals surface area contributed by atoms with Crippen LogP contribution in [0.1, 0.15) is 65.9 Å². The molecule has 1 aromatic carbocycles. The smallest absolute Gasteiger partial charge is 0.468 e. The standard InChI is InChI=1S/C28H43NO11/c1-7-13-35-25(31)38-16-12-28(29,24(30)34-6)18-21-8-9-22(39-26(32)36-14-10-19(2)3)23(17-21)40-27(33)37-15-11-20(4)5/h8-9,17,19-20H,7,10-16,18,29H2,1-6H3/t28-/m1/s1. The number of rotatable bonds is 16. The van der Waals surface area contributed by atoms with Crippen molar-refractivity contribution >= 4 is 24.4 Å². The van der Waals surface area contributed by atoms with Crippen LogP contribution in [0.3, 0.4) is 0 Å². The zero-order valence-corrected chi connectivity index (χ0v) is 24.3. The van der Waals surface area contributed by atoms with E-state index in [4.69, 9.17) is 38.9 Å². The van der Waals surface area contributed by atoms with Crippen molar-refractivity contribution in [3.05, 3.63) is 23.8 Å². The minimum atomic E-state index is -1.60. The van der Waals surface area contributed by atoms with E-state index in [-0.39, 0.29) is 50.8 Å². The maximum Gasteiger partial charge on any atom is 0.513 e. The highest BCUT2D eigenvalue weighted by molar-refractivity contribution is 5.81. The molecule has 0 aliphatic heterocycles. The topological polar surface area (TPSA) is 159 Å². The Morgan fingerprint density at radius 1 is 0.775 bits per heavy atom. The van der Waals surface area contributed by atoms with E-state index >= 15 is 0 Å². The van der Waals surface area contributed by atoms with E-state index in [1.54, 1.807) is 0 Å². The molecule has 0 radical (unpaired) electrons. The number of methoxy groups -OCH3 is 1. The zero-order chi connectivity index (χ0) is 30.1. The minimum Gasteiger partial charge on any atom is -0.468 e. The number of benzene rings is 1. The number of esters is 1. The lowest BCUT2D eigenvalue weighted by molar-refractivity contribution is -0.147. The summed E-state index contributed by atoms with van der Waals surface area (Å²) in [4.78, 5) is 48.8. The molecule has 0 heterocycles. The maximum atomic E-state index is 12.6. The van der Waals surface area contributed by atoms with Crippen LogP contribution in [0.25, 0.3) is 0 Å². The highest BCUT2D eigenvalue weighted by atomic mass is 16.7. The molecule has 0 aliphatic carbocycles. The SMILES string of the molecule is CCCOC(=O)OCC[C@@](N)(Cc1ccc(OC(=O)OCCC(C)C)c(OC(=O)OCCC(C)C)c1)C(=O)OC. The van der Waals surface area contributed by atoms with Crippen LogP contribution in [-0.4, -0.2) is 63.5 Å². The van der Waals surface area contributed by atoms with Crippen LogP contribution in [0.5, 0.6) is 11.5 Å². The van der Waals surface area contributed by atoms with Gasteiger partial charge in [0.2, 0.25) is 0 Å². The number of carbonyl (C=O) groups is 4. The second-order valence-corrected chi connectivity index (χ2v) is 10.1. The lowest BCUT2D eigenvalue weighted by Gasteiger charge is -2.26. The fraction of sp³-hybridized carbons (Fsp3) is 0.643. The molecule has 0 fully saturated rings. The molecule has 0 spiro atoms. The van der Waals surface area contributed by atoms with E-state index in [2.05, 4.69) is 0 Å². The summed E-state index contributed by atoms with van der Waals surface area (Å²) in [6, 6.07) is 4.31. The van der Waals surface area contributed by atoms with E-state index in [1.807, 2.05) is 34.6 Å². The first-order chi connectivity index (χ1) is 18.9. The van der Waals surface area contributed by atoms with Gasteiger partial charge in [0.1, 0.15) is 5.54 Å². The summed E-state index contributed by atoms with van der Waals surface area (Å²) >= 11 is 0. The van der Waals surface area contributed by atoms with Crippen LogP contribution in [0.2, 0.25) is 0 Å². The molecule has 1 atom stereocenters. The number of ether oxygens (including phenoxy) is 7. The molecule has 0 aliphatic rings. The first-order valence-electron chi connectivity index (χ1n) is 13.4. The number of nitrogens with two attached hydrogens (primary N) is 1. The van der Waals surface area contributed by atoms with Gasteiger partial charge in [0.05, 0.1) is 33.5 Å². The number of hydrogen-bond donors (Lipinski definition) is 1. The van der Waals surface area contributed by atoms with Crippen LogP contribution < -0.4 is 15.2 Å². The summed E-state index contributed by atoms with van der Waals surface area (Å²) in [6.07, 6.45) is -1.12. The molecule has 0 amide bonds. The molecular formula is C28H43NO11. The van der Waals surface area contributed by atoms with Crippen molar-refractivity contribution in [2.24, 2.45) is 17.6 Å². The van der Waals surface area contributed by atoms with Gasteiger partial charge >= 0.3 is 24.4 Å². The maximum absolute atomic E-state index is 12.6. The molecule has 1 rings (SSSR count). The van der Waals surface area contributed by atoms with Crippen molar-refractivity contribution in [1.82, 2.24) is 0 Å². The summed E-state index contributed by atoms with van der Waals surface area (Å²) < 4.78 is 35.5. The van der Waals surface area contributed by atoms with Crippen LogP contribution in [0, 0.1) is 11.8 Å². The molecule has 0 aromatic heterocycles. The van der Waals surface area contributed by atoms with Gasteiger partial charge < -0.3 is 38.9 Å². The second kappa shape index (κ2) is 17.9. The van der Waals surface area contributed by atoms with Crippen molar-refractivity contribution in [2.45, 2.75) is 72.3 Å². The van der Waals surface area contributed by atoms with Gasteiger partial charge in [0, 0.05) is 12.8 Å². The predicted octanol–water partition coefficient (Wildman–Crippen LogP) is 5.18. The van der Waals surface area contributed by atoms with Gasteiger partial charge in [0.25, 0.3) is 0 Å². The molecule has 12 nitrogen and oxygen atoms in total. The molecule has 2 N–H and O–H groups in total. The van der Waals surface area contributed by atoms with Gasteiger partial charge in [0.15, 0.2) is 11.5 Å². The van der Waals surface area contributed by atoms with Crippen molar-refractivity contribution in [3.63, 3.8) is 0 Å². The van der Waals surface area contributed by atoms with E-state index < -0.39 is 30.0 Å². The molecule has 0 saturated heterocycles. The fourth-order valence-electron chi connectivity index (χ4n) is 3.19. The Balaban J connectivity index is 3.10. The van der Waals surface area contributed by atoms with Crippen molar-refractivity contribution in [3.8, 4) is 11.5 Å². The van der Waals surface area contributed by atoms with Gasteiger partial charge in [-0.3, -0.25) is 4.79 Å². The summed E-state index contributed by atoms with van der Waals surface area (Å²) in [6.45, 7) is 10.1. The average molecular weight is 570 g/mol. The average Bonchev–Trinajstić information content (AvgIpc) is 2.88. The van der Waals surface area contributed by atoms with Crippen molar-refractivity contribution in [1.29, 1.82) is 0 Å². The fourth-order valence-corrected chi connectivity index (χ4v) is 3.19. The van der Waals surface area contributed by atoms with Crippen LogP contribution >= 0.6 is 0 Å². The van der Waals surface area contributed by atoms with E-state index in [0.29, 0.717) is 36.7 Å². The molecule has 1 aromatic rings. The molecule has 226 valence electrons. The Morgan fingerprint density at radius 3 is 1.82 bits per heavy atom. The third kappa shape index (κ3) is 13.5. The molecule has 12 heteroatoms. The van der Waals surface area contributed by atoms with Crippen LogP contribution in [-0.2, 0) is 34.9 Å². The summed E-state index contributed by atoms with van der Waals surface area (Å²) in [5, 5.41) is 0. The van der Waals surface area contributed by atoms with Crippen LogP contribution in [0.4, 0.5) is 14.4 Å². The lowest BCUT2D eigenvalue weighted by atomic mass is 9.88. The van der Waals surface area contributed by atoms with Gasteiger partial charge in [-0.2, -0.15) is 0 Å². The lowest BCUT2D eigenvalue weighted by Crippen LogP contribution is -2.51. The molecule has 0 unspecified atom stereocenters. The van der Waals surface area contributed by atoms with Gasteiger partial charge in [-0.05, 0) is 48.8 Å². The first-order valence-corrected chi connectivity index (χ1v) is 13.4. The van der Waals surface area contributed by atoms with Gasteiger partial charge in [-0.1, -0.05) is 40.7 Å². The quantitative estimate of drug-likeness (QED) is 0.158. The third-order valence-electron chi connectivity index (χ3n) is 5.53. The van der Waals surface area contributed by atoms with Crippen molar-refractivity contribution in [2.75, 3.05) is 33.5 Å². The Bertz CT molecular complexity index is 964. The number of carbonyl (C=O) groups excluding carboxylic acids is 4. The highest BCUT2D eigenvalue weighted by Crippen LogP contribution is 2.31. The second-order valence-electron chi connectivity index (χ2n) is 10.1. The Kier molecular flexibility index (Phi) is 15.5. The molecule has 40 heavy (non-hydrogen) atoms. The largest absolute Gasteiger partial charge is 0.513 e. The predicted molar refractivity (Wildman–Crippen MR) is 144 cm³/mol. The van der Waals surface area contributed by atoms with Gasteiger partial charge in [-0.25, -0.2) is 14.4 Å². The van der Waals surface area contributed by atoms with Gasteiger partial charge in [-0.15, -0.1) is 0 Å². The zero-order valence-electron chi connectivity index (χ0n) is 24.3.